The van der Waals surface area contributed by atoms with Gasteiger partial charge in [-0.25, -0.2) is 17.9 Å². The molecule has 1 saturated heterocycles. The van der Waals surface area contributed by atoms with E-state index in [0.717, 1.165) is 18.4 Å². The molecule has 31 heavy (non-hydrogen) atoms. The van der Waals surface area contributed by atoms with E-state index in [4.69, 9.17) is 4.74 Å². The van der Waals surface area contributed by atoms with Crippen molar-refractivity contribution in [3.05, 3.63) is 54.1 Å². The molecule has 0 unspecified atom stereocenters. The predicted molar refractivity (Wildman–Crippen MR) is 122 cm³/mol. The third kappa shape index (κ3) is 5.98. The number of likely N-dealkylation sites (tertiary alicyclic amines) is 1. The Bertz CT molecular complexity index is 982. The normalized spacial score (nSPS) is 15.2. The number of sulfonamides is 1. The molecule has 0 aliphatic carbocycles. The lowest BCUT2D eigenvalue weighted by atomic mass is 9.97. The van der Waals surface area contributed by atoms with Gasteiger partial charge in [0.15, 0.2) is 0 Å². The van der Waals surface area contributed by atoms with Crippen molar-refractivity contribution in [1.82, 2.24) is 9.62 Å². The van der Waals surface area contributed by atoms with E-state index in [0.29, 0.717) is 37.0 Å². The summed E-state index contributed by atoms with van der Waals surface area (Å²) >= 11 is 0. The SMILES string of the molecule is COc1ccccc1NC(=O)N1CCC(CNS(=O)(=O)c2ccc(C(C)C)cc2)CC1. The maximum atomic E-state index is 12.6. The van der Waals surface area contributed by atoms with E-state index in [1.807, 2.05) is 24.3 Å². The summed E-state index contributed by atoms with van der Waals surface area (Å²) in [5.41, 5.74) is 1.74. The number of piperidine rings is 1. The summed E-state index contributed by atoms with van der Waals surface area (Å²) in [5.74, 6) is 1.16. The van der Waals surface area contributed by atoms with Crippen LogP contribution < -0.4 is 14.8 Å². The molecule has 0 bridgehead atoms. The van der Waals surface area contributed by atoms with Gasteiger partial charge in [0.1, 0.15) is 5.75 Å². The lowest BCUT2D eigenvalue weighted by molar-refractivity contribution is 0.183. The van der Waals surface area contributed by atoms with Gasteiger partial charge in [-0.3, -0.25) is 0 Å². The molecule has 1 aliphatic heterocycles. The predicted octanol–water partition coefficient (Wildman–Crippen LogP) is 4.04. The highest BCUT2D eigenvalue weighted by Crippen LogP contribution is 2.25. The number of hydrogen-bond donors (Lipinski definition) is 2. The molecule has 2 N–H and O–H groups in total. The molecule has 1 heterocycles. The van der Waals surface area contributed by atoms with Crippen LogP contribution in [0.1, 0.15) is 38.2 Å². The lowest BCUT2D eigenvalue weighted by Gasteiger charge is -2.32. The molecule has 168 valence electrons. The molecule has 3 rings (SSSR count). The zero-order valence-electron chi connectivity index (χ0n) is 18.3. The van der Waals surface area contributed by atoms with Crippen LogP contribution in [0, 0.1) is 5.92 Å². The van der Waals surface area contributed by atoms with E-state index in [2.05, 4.69) is 23.9 Å². The third-order valence-corrected chi connectivity index (χ3v) is 7.11. The number of nitrogens with one attached hydrogen (secondary N) is 2. The van der Waals surface area contributed by atoms with Gasteiger partial charge in [-0.2, -0.15) is 0 Å². The Kier molecular flexibility index (Phi) is 7.56. The second-order valence-corrected chi connectivity index (χ2v) is 9.90. The van der Waals surface area contributed by atoms with Gasteiger partial charge in [-0.05, 0) is 54.5 Å². The van der Waals surface area contributed by atoms with Crippen LogP contribution in [-0.2, 0) is 10.0 Å². The van der Waals surface area contributed by atoms with Crippen LogP contribution >= 0.6 is 0 Å². The van der Waals surface area contributed by atoms with Crippen LogP contribution in [0.2, 0.25) is 0 Å². The first-order chi connectivity index (χ1) is 14.8. The molecule has 2 aromatic carbocycles. The summed E-state index contributed by atoms with van der Waals surface area (Å²) < 4.78 is 33.2. The minimum atomic E-state index is -3.54. The van der Waals surface area contributed by atoms with Crippen LogP contribution in [0.25, 0.3) is 0 Å². The number of carbonyl (C=O) groups is 1. The number of nitrogens with zero attached hydrogens (tertiary/aromatic N) is 1. The highest BCUT2D eigenvalue weighted by atomic mass is 32.2. The van der Waals surface area contributed by atoms with Crippen LogP contribution in [0.15, 0.2) is 53.4 Å². The van der Waals surface area contributed by atoms with Gasteiger partial charge < -0.3 is 15.0 Å². The number of amides is 2. The standard InChI is InChI=1S/C23H31N3O4S/c1-17(2)19-8-10-20(11-9-19)31(28,29)24-16-18-12-14-26(15-13-18)23(27)25-21-6-4-5-7-22(21)30-3/h4-11,17-18,24H,12-16H2,1-3H3,(H,25,27). The van der Waals surface area contributed by atoms with E-state index in [1.54, 1.807) is 36.3 Å². The summed E-state index contributed by atoms with van der Waals surface area (Å²) in [4.78, 5) is 14.6. The van der Waals surface area contributed by atoms with Crippen molar-refractivity contribution >= 4 is 21.7 Å². The van der Waals surface area contributed by atoms with Crippen molar-refractivity contribution in [2.24, 2.45) is 5.92 Å². The second-order valence-electron chi connectivity index (χ2n) is 8.14. The van der Waals surface area contributed by atoms with Gasteiger partial charge in [0.25, 0.3) is 0 Å². The van der Waals surface area contributed by atoms with Crippen LogP contribution in [0.5, 0.6) is 5.75 Å². The fourth-order valence-electron chi connectivity index (χ4n) is 3.63. The molecule has 1 aliphatic rings. The number of urea groups is 1. The van der Waals surface area contributed by atoms with Gasteiger partial charge in [0.2, 0.25) is 10.0 Å². The fourth-order valence-corrected chi connectivity index (χ4v) is 4.74. The molecular weight excluding hydrogens is 414 g/mol. The quantitative estimate of drug-likeness (QED) is 0.673. The van der Waals surface area contributed by atoms with Crippen LogP contribution in [-0.4, -0.2) is 46.1 Å². The van der Waals surface area contributed by atoms with Gasteiger partial charge in [0, 0.05) is 19.6 Å². The number of rotatable bonds is 7. The average Bonchev–Trinajstić information content (AvgIpc) is 2.78. The molecule has 0 atom stereocenters. The molecule has 0 radical (unpaired) electrons. The van der Waals surface area contributed by atoms with E-state index in [1.165, 1.54) is 0 Å². The first kappa shape index (κ1) is 23.1. The monoisotopic (exact) mass is 445 g/mol. The Morgan fingerprint density at radius 3 is 2.35 bits per heavy atom. The summed E-state index contributed by atoms with van der Waals surface area (Å²) in [7, 11) is -1.97. The van der Waals surface area contributed by atoms with Crippen molar-refractivity contribution in [1.29, 1.82) is 0 Å². The third-order valence-electron chi connectivity index (χ3n) is 5.67. The zero-order chi connectivity index (χ0) is 22.4. The Morgan fingerprint density at radius 2 is 1.74 bits per heavy atom. The van der Waals surface area contributed by atoms with E-state index < -0.39 is 10.0 Å². The Hall–Kier alpha value is -2.58. The number of para-hydroxylation sites is 2. The number of hydrogen-bond acceptors (Lipinski definition) is 4. The molecule has 8 heteroatoms. The lowest BCUT2D eigenvalue weighted by Crippen LogP contribution is -2.43. The highest BCUT2D eigenvalue weighted by Gasteiger charge is 2.25. The molecule has 7 nitrogen and oxygen atoms in total. The van der Waals surface area contributed by atoms with Crippen molar-refractivity contribution in [2.45, 2.75) is 37.5 Å². The fraction of sp³-hybridized carbons (Fsp3) is 0.435. The number of methoxy groups -OCH3 is 1. The Morgan fingerprint density at radius 1 is 1.10 bits per heavy atom. The summed E-state index contributed by atoms with van der Waals surface area (Å²) in [6, 6.07) is 14.1. The molecule has 0 aromatic heterocycles. The van der Waals surface area contributed by atoms with Gasteiger partial charge in [-0.1, -0.05) is 38.1 Å². The first-order valence-electron chi connectivity index (χ1n) is 10.6. The summed E-state index contributed by atoms with van der Waals surface area (Å²) in [5, 5.41) is 2.89. The Balaban J connectivity index is 1.49. The minimum absolute atomic E-state index is 0.172. The maximum Gasteiger partial charge on any atom is 0.321 e. The highest BCUT2D eigenvalue weighted by molar-refractivity contribution is 7.89. The molecular formula is C23H31N3O4S. The van der Waals surface area contributed by atoms with Crippen LogP contribution in [0.3, 0.4) is 0 Å². The topological polar surface area (TPSA) is 87.7 Å². The maximum absolute atomic E-state index is 12.6. The van der Waals surface area contributed by atoms with Gasteiger partial charge in [0.05, 0.1) is 17.7 Å². The van der Waals surface area contributed by atoms with Crippen molar-refractivity contribution < 1.29 is 17.9 Å². The van der Waals surface area contributed by atoms with Crippen molar-refractivity contribution in [3.8, 4) is 5.75 Å². The number of carbonyl (C=O) groups excluding carboxylic acids is 1. The minimum Gasteiger partial charge on any atom is -0.495 e. The van der Waals surface area contributed by atoms with E-state index >= 15 is 0 Å². The number of ether oxygens (including phenoxy) is 1. The summed E-state index contributed by atoms with van der Waals surface area (Å²) in [6.07, 6.45) is 1.49. The van der Waals surface area contributed by atoms with Crippen molar-refractivity contribution in [3.63, 3.8) is 0 Å². The molecule has 0 spiro atoms. The largest absolute Gasteiger partial charge is 0.495 e. The number of benzene rings is 2. The zero-order valence-corrected chi connectivity index (χ0v) is 19.1. The van der Waals surface area contributed by atoms with Crippen molar-refractivity contribution in [2.75, 3.05) is 32.1 Å². The van der Waals surface area contributed by atoms with Gasteiger partial charge in [-0.15, -0.1) is 0 Å². The average molecular weight is 446 g/mol. The van der Waals surface area contributed by atoms with Gasteiger partial charge >= 0.3 is 6.03 Å². The van der Waals surface area contributed by atoms with E-state index in [9.17, 15) is 13.2 Å². The first-order valence-corrected chi connectivity index (χ1v) is 12.1. The molecule has 1 fully saturated rings. The molecule has 0 saturated carbocycles. The van der Waals surface area contributed by atoms with E-state index in [-0.39, 0.29) is 16.8 Å². The molecule has 2 amide bonds. The Labute approximate surface area is 184 Å². The molecule has 2 aromatic rings. The van der Waals surface area contributed by atoms with Crippen LogP contribution in [0.4, 0.5) is 10.5 Å². The number of anilines is 1. The summed E-state index contributed by atoms with van der Waals surface area (Å²) in [6.45, 7) is 5.68. The second kappa shape index (κ2) is 10.2. The smallest absolute Gasteiger partial charge is 0.321 e.